The lowest BCUT2D eigenvalue weighted by Crippen LogP contribution is -2.09. The normalized spacial score (nSPS) is 10.2. The second-order valence-electron chi connectivity index (χ2n) is 3.71. The van der Waals surface area contributed by atoms with Gasteiger partial charge in [0, 0.05) is 18.0 Å². The summed E-state index contributed by atoms with van der Waals surface area (Å²) in [7, 11) is 0. The van der Waals surface area contributed by atoms with Crippen molar-refractivity contribution in [2.75, 3.05) is 23.9 Å². The zero-order valence-corrected chi connectivity index (χ0v) is 11.0. The summed E-state index contributed by atoms with van der Waals surface area (Å²) in [5, 5.41) is 12.2. The molecule has 0 aliphatic rings. The number of nitrogens with one attached hydrogen (secondary N) is 1. The van der Waals surface area contributed by atoms with E-state index in [2.05, 4.69) is 17.2 Å². The molecule has 0 bridgehead atoms. The van der Waals surface area contributed by atoms with Gasteiger partial charge in [-0.25, -0.2) is 9.78 Å². The highest BCUT2D eigenvalue weighted by Gasteiger charge is 2.07. The van der Waals surface area contributed by atoms with E-state index in [4.69, 9.17) is 5.11 Å². The number of pyridine rings is 1. The molecular formula is C12H18N2O2S. The molecule has 5 heteroatoms. The van der Waals surface area contributed by atoms with E-state index >= 15 is 0 Å². The number of aromatic nitrogens is 1. The SMILES string of the molecule is CCCc1cc(C(=O)O)cc(NCCSC)n1. The zero-order valence-electron chi connectivity index (χ0n) is 10.2. The van der Waals surface area contributed by atoms with E-state index in [1.54, 1.807) is 23.9 Å². The summed E-state index contributed by atoms with van der Waals surface area (Å²) < 4.78 is 0. The first-order chi connectivity index (χ1) is 8.17. The second kappa shape index (κ2) is 7.17. The van der Waals surface area contributed by atoms with Crippen LogP contribution < -0.4 is 5.32 Å². The fourth-order valence-electron chi connectivity index (χ4n) is 1.47. The first-order valence-electron chi connectivity index (χ1n) is 5.64. The largest absolute Gasteiger partial charge is 0.478 e. The van der Waals surface area contributed by atoms with Gasteiger partial charge in [-0.05, 0) is 24.8 Å². The van der Waals surface area contributed by atoms with Crippen LogP contribution in [-0.2, 0) is 6.42 Å². The van der Waals surface area contributed by atoms with Crippen LogP contribution in [0.2, 0.25) is 0 Å². The molecule has 0 saturated carbocycles. The van der Waals surface area contributed by atoms with Crippen molar-refractivity contribution in [3.8, 4) is 0 Å². The first kappa shape index (κ1) is 13.8. The monoisotopic (exact) mass is 254 g/mol. The van der Waals surface area contributed by atoms with Crippen LogP contribution in [-0.4, -0.2) is 34.6 Å². The Hall–Kier alpha value is -1.23. The van der Waals surface area contributed by atoms with Crippen molar-refractivity contribution in [1.82, 2.24) is 4.98 Å². The highest BCUT2D eigenvalue weighted by molar-refractivity contribution is 7.98. The van der Waals surface area contributed by atoms with E-state index in [0.717, 1.165) is 30.8 Å². The molecule has 1 aromatic rings. The number of carboxylic acid groups (broad SMARTS) is 1. The molecule has 1 aromatic heterocycles. The number of carboxylic acids is 1. The maximum absolute atomic E-state index is 11.0. The summed E-state index contributed by atoms with van der Waals surface area (Å²) in [6.45, 7) is 2.85. The zero-order chi connectivity index (χ0) is 12.7. The number of nitrogens with zero attached hydrogens (tertiary/aromatic N) is 1. The van der Waals surface area contributed by atoms with Crippen molar-refractivity contribution < 1.29 is 9.90 Å². The van der Waals surface area contributed by atoms with Gasteiger partial charge in [0.2, 0.25) is 0 Å². The van der Waals surface area contributed by atoms with Gasteiger partial charge in [0.25, 0.3) is 0 Å². The minimum Gasteiger partial charge on any atom is -0.478 e. The molecule has 1 rings (SSSR count). The molecule has 1 heterocycles. The van der Waals surface area contributed by atoms with Crippen molar-refractivity contribution in [2.24, 2.45) is 0 Å². The van der Waals surface area contributed by atoms with E-state index in [-0.39, 0.29) is 0 Å². The Labute approximate surface area is 106 Å². The molecule has 4 nitrogen and oxygen atoms in total. The van der Waals surface area contributed by atoms with Crippen molar-refractivity contribution in [3.05, 3.63) is 23.4 Å². The van der Waals surface area contributed by atoms with Gasteiger partial charge in [-0.1, -0.05) is 13.3 Å². The number of hydrogen-bond donors (Lipinski definition) is 2. The molecule has 0 aliphatic carbocycles. The first-order valence-corrected chi connectivity index (χ1v) is 7.03. The van der Waals surface area contributed by atoms with Crippen molar-refractivity contribution in [2.45, 2.75) is 19.8 Å². The third-order valence-corrected chi connectivity index (χ3v) is 2.86. The van der Waals surface area contributed by atoms with Crippen LogP contribution in [0.15, 0.2) is 12.1 Å². The standard InChI is InChI=1S/C12H18N2O2S/c1-3-4-10-7-9(12(15)16)8-11(14-10)13-5-6-17-2/h7-8H,3-6H2,1-2H3,(H,13,14)(H,15,16). The average Bonchev–Trinajstić information content (AvgIpc) is 2.29. The van der Waals surface area contributed by atoms with Crippen LogP contribution in [0.1, 0.15) is 29.4 Å². The number of hydrogen-bond acceptors (Lipinski definition) is 4. The summed E-state index contributed by atoms with van der Waals surface area (Å²) in [5.41, 5.74) is 1.13. The predicted octanol–water partition coefficient (Wildman–Crippen LogP) is 2.51. The molecule has 17 heavy (non-hydrogen) atoms. The lowest BCUT2D eigenvalue weighted by atomic mass is 10.1. The van der Waals surface area contributed by atoms with Gasteiger partial charge in [-0.15, -0.1) is 0 Å². The number of carbonyl (C=O) groups is 1. The minimum absolute atomic E-state index is 0.301. The summed E-state index contributed by atoms with van der Waals surface area (Å²) in [5.74, 6) is 0.724. The van der Waals surface area contributed by atoms with Crippen LogP contribution in [0.5, 0.6) is 0 Å². The summed E-state index contributed by atoms with van der Waals surface area (Å²) in [6.07, 6.45) is 3.80. The van der Waals surface area contributed by atoms with Gasteiger partial charge >= 0.3 is 5.97 Å². The number of thioether (sulfide) groups is 1. The molecular weight excluding hydrogens is 236 g/mol. The van der Waals surface area contributed by atoms with Crippen LogP contribution in [0.3, 0.4) is 0 Å². The summed E-state index contributed by atoms with van der Waals surface area (Å²) in [6, 6.07) is 3.23. The van der Waals surface area contributed by atoms with Crippen LogP contribution in [0, 0.1) is 0 Å². The van der Waals surface area contributed by atoms with Crippen LogP contribution in [0.4, 0.5) is 5.82 Å². The van der Waals surface area contributed by atoms with Crippen molar-refractivity contribution in [3.63, 3.8) is 0 Å². The maximum Gasteiger partial charge on any atom is 0.335 e. The molecule has 0 amide bonds. The van der Waals surface area contributed by atoms with E-state index in [1.165, 1.54) is 0 Å². The van der Waals surface area contributed by atoms with E-state index < -0.39 is 5.97 Å². The Morgan fingerprint density at radius 2 is 2.29 bits per heavy atom. The van der Waals surface area contributed by atoms with Gasteiger partial charge in [0.1, 0.15) is 5.82 Å². The van der Waals surface area contributed by atoms with Crippen LogP contribution >= 0.6 is 11.8 Å². The Bertz CT molecular complexity index is 383. The number of aryl methyl sites for hydroxylation is 1. The lowest BCUT2D eigenvalue weighted by Gasteiger charge is -2.08. The predicted molar refractivity (Wildman–Crippen MR) is 72.1 cm³/mol. The molecule has 0 atom stereocenters. The van der Waals surface area contributed by atoms with Crippen molar-refractivity contribution >= 4 is 23.5 Å². The number of anilines is 1. The average molecular weight is 254 g/mol. The topological polar surface area (TPSA) is 62.2 Å². The van der Waals surface area contributed by atoms with E-state index in [0.29, 0.717) is 11.4 Å². The summed E-state index contributed by atoms with van der Waals surface area (Å²) >= 11 is 1.74. The smallest absolute Gasteiger partial charge is 0.335 e. The van der Waals surface area contributed by atoms with Gasteiger partial charge in [-0.3, -0.25) is 0 Å². The molecule has 0 fully saturated rings. The lowest BCUT2D eigenvalue weighted by molar-refractivity contribution is 0.0696. The molecule has 94 valence electrons. The molecule has 0 spiro atoms. The fraction of sp³-hybridized carbons (Fsp3) is 0.500. The Morgan fingerprint density at radius 1 is 1.53 bits per heavy atom. The highest BCUT2D eigenvalue weighted by Crippen LogP contribution is 2.12. The van der Waals surface area contributed by atoms with Gasteiger partial charge in [0.15, 0.2) is 0 Å². The number of aromatic carboxylic acids is 1. The Balaban J connectivity index is 2.83. The minimum atomic E-state index is -0.905. The third-order valence-electron chi connectivity index (χ3n) is 2.24. The van der Waals surface area contributed by atoms with E-state index in [9.17, 15) is 4.79 Å². The molecule has 0 radical (unpaired) electrons. The van der Waals surface area contributed by atoms with E-state index in [1.807, 2.05) is 6.26 Å². The fourth-order valence-corrected chi connectivity index (χ4v) is 1.77. The van der Waals surface area contributed by atoms with Gasteiger partial charge in [-0.2, -0.15) is 11.8 Å². The van der Waals surface area contributed by atoms with Gasteiger partial charge in [0.05, 0.1) is 5.56 Å². The summed E-state index contributed by atoms with van der Waals surface area (Å²) in [4.78, 5) is 15.4. The molecule has 0 aromatic carbocycles. The molecule has 0 saturated heterocycles. The van der Waals surface area contributed by atoms with Crippen molar-refractivity contribution in [1.29, 1.82) is 0 Å². The quantitative estimate of drug-likeness (QED) is 0.732. The molecule has 0 unspecified atom stereocenters. The highest BCUT2D eigenvalue weighted by atomic mass is 32.2. The van der Waals surface area contributed by atoms with Gasteiger partial charge < -0.3 is 10.4 Å². The molecule has 0 aliphatic heterocycles. The Morgan fingerprint density at radius 3 is 2.88 bits per heavy atom. The third kappa shape index (κ3) is 4.65. The van der Waals surface area contributed by atoms with Crippen LogP contribution in [0.25, 0.3) is 0 Å². The second-order valence-corrected chi connectivity index (χ2v) is 4.69. The molecule has 2 N–H and O–H groups in total. The number of rotatable bonds is 7. The Kier molecular flexibility index (Phi) is 5.83. The maximum atomic E-state index is 11.0.